The highest BCUT2D eigenvalue weighted by Crippen LogP contribution is 2.28. The van der Waals surface area contributed by atoms with Crippen LogP contribution in [0.3, 0.4) is 0 Å². The van der Waals surface area contributed by atoms with E-state index in [1.807, 2.05) is 0 Å². The highest BCUT2D eigenvalue weighted by Gasteiger charge is 2.27. The monoisotopic (exact) mass is 431 g/mol. The van der Waals surface area contributed by atoms with Gasteiger partial charge < -0.3 is 4.74 Å². The molecule has 8 heteroatoms. The van der Waals surface area contributed by atoms with Gasteiger partial charge in [0.15, 0.2) is 0 Å². The summed E-state index contributed by atoms with van der Waals surface area (Å²) in [6.07, 6.45) is 0. The lowest BCUT2D eigenvalue weighted by molar-refractivity contribution is -0.138. The summed E-state index contributed by atoms with van der Waals surface area (Å²) in [4.78, 5) is 11.8. The highest BCUT2D eigenvalue weighted by atomic mass is 79.9. The van der Waals surface area contributed by atoms with Gasteiger partial charge >= 0.3 is 5.97 Å². The van der Waals surface area contributed by atoms with E-state index >= 15 is 0 Å². The van der Waals surface area contributed by atoms with Gasteiger partial charge in [-0.2, -0.15) is 0 Å². The Bertz CT molecular complexity index is 853. The average Bonchev–Trinajstić information content (AvgIpc) is 2.55. The van der Waals surface area contributed by atoms with Crippen molar-refractivity contribution >= 4 is 49.2 Å². The second kappa shape index (κ2) is 7.55. The topological polar surface area (TPSA) is 63.7 Å². The number of ether oxygens (including phenoxy) is 1. The summed E-state index contributed by atoms with van der Waals surface area (Å²) in [6, 6.07) is 10.9. The summed E-state index contributed by atoms with van der Waals surface area (Å²) in [7, 11) is -2.73. The summed E-state index contributed by atoms with van der Waals surface area (Å²) in [5, 5.41) is 0.512. The number of carbonyl (C=O) groups is 1. The van der Waals surface area contributed by atoms with Crippen LogP contribution in [0.25, 0.3) is 0 Å². The van der Waals surface area contributed by atoms with Gasteiger partial charge in [-0.1, -0.05) is 27.5 Å². The molecule has 0 radical (unpaired) electrons. The number of aryl methyl sites for hydroxylation is 1. The minimum absolute atomic E-state index is 0.0715. The Morgan fingerprint density at radius 1 is 1.21 bits per heavy atom. The fourth-order valence-electron chi connectivity index (χ4n) is 2.01. The third kappa shape index (κ3) is 4.09. The zero-order valence-corrected chi connectivity index (χ0v) is 16.2. The number of benzene rings is 2. The zero-order valence-electron chi connectivity index (χ0n) is 13.0. The van der Waals surface area contributed by atoms with Crippen molar-refractivity contribution in [2.75, 3.05) is 18.0 Å². The number of esters is 1. The van der Waals surface area contributed by atoms with Crippen LogP contribution in [0.4, 0.5) is 5.69 Å². The van der Waals surface area contributed by atoms with Crippen LogP contribution >= 0.6 is 27.5 Å². The first-order chi connectivity index (χ1) is 11.3. The maximum atomic E-state index is 13.0. The van der Waals surface area contributed by atoms with Gasteiger partial charge in [0, 0.05) is 9.50 Å². The van der Waals surface area contributed by atoms with E-state index in [-0.39, 0.29) is 4.90 Å². The first-order valence-electron chi connectivity index (χ1n) is 6.87. The van der Waals surface area contributed by atoms with Crippen molar-refractivity contribution in [2.24, 2.45) is 0 Å². The minimum Gasteiger partial charge on any atom is -0.468 e. The highest BCUT2D eigenvalue weighted by molar-refractivity contribution is 9.10. The molecule has 0 amide bonds. The van der Waals surface area contributed by atoms with Crippen LogP contribution in [0, 0.1) is 6.92 Å². The van der Waals surface area contributed by atoms with Crippen LogP contribution in [0.1, 0.15) is 5.56 Å². The predicted molar refractivity (Wildman–Crippen MR) is 96.9 cm³/mol. The van der Waals surface area contributed by atoms with E-state index in [0.29, 0.717) is 16.3 Å². The fraction of sp³-hybridized carbons (Fsp3) is 0.188. The number of sulfonamides is 1. The molecule has 0 aromatic heterocycles. The Morgan fingerprint density at radius 3 is 2.38 bits per heavy atom. The average molecular weight is 433 g/mol. The van der Waals surface area contributed by atoms with E-state index in [2.05, 4.69) is 20.7 Å². The molecule has 0 fully saturated rings. The van der Waals surface area contributed by atoms with Crippen LogP contribution < -0.4 is 4.31 Å². The van der Waals surface area contributed by atoms with Crippen LogP contribution in [0.15, 0.2) is 51.8 Å². The molecule has 0 unspecified atom stereocenters. The van der Waals surface area contributed by atoms with Gasteiger partial charge in [0.25, 0.3) is 10.0 Å². The molecule has 0 saturated heterocycles. The van der Waals surface area contributed by atoms with Crippen LogP contribution in [0.2, 0.25) is 5.02 Å². The molecule has 0 bridgehead atoms. The quantitative estimate of drug-likeness (QED) is 0.675. The molecule has 0 atom stereocenters. The van der Waals surface area contributed by atoms with Gasteiger partial charge in [-0.25, -0.2) is 8.42 Å². The van der Waals surface area contributed by atoms with Crippen molar-refractivity contribution in [3.8, 4) is 0 Å². The van der Waals surface area contributed by atoms with Crippen molar-refractivity contribution in [3.63, 3.8) is 0 Å². The molecular formula is C16H15BrClNO4S. The number of hydrogen-bond donors (Lipinski definition) is 0. The number of anilines is 1. The number of rotatable bonds is 5. The molecule has 0 saturated carbocycles. The lowest BCUT2D eigenvalue weighted by Crippen LogP contribution is -2.36. The van der Waals surface area contributed by atoms with E-state index < -0.39 is 22.5 Å². The number of halogens is 2. The number of methoxy groups -OCH3 is 1. The molecule has 2 aromatic carbocycles. The molecule has 24 heavy (non-hydrogen) atoms. The third-order valence-corrected chi connectivity index (χ3v) is 6.07. The van der Waals surface area contributed by atoms with E-state index in [4.69, 9.17) is 11.6 Å². The Balaban J connectivity index is 2.54. The van der Waals surface area contributed by atoms with E-state index in [1.54, 1.807) is 37.3 Å². The molecule has 0 heterocycles. The standard InChI is InChI=1S/C16H15BrClNO4S/c1-11-9-13(5-8-15(11)18)19(10-16(20)23-2)24(21,22)14-6-3-12(17)4-7-14/h3-9H,10H2,1-2H3. The van der Waals surface area contributed by atoms with Crippen LogP contribution in [-0.2, 0) is 19.6 Å². The smallest absolute Gasteiger partial charge is 0.326 e. The Hall–Kier alpha value is -1.57. The lowest BCUT2D eigenvalue weighted by Gasteiger charge is -2.24. The zero-order chi connectivity index (χ0) is 17.9. The number of carbonyl (C=O) groups excluding carboxylic acids is 1. The predicted octanol–water partition coefficient (Wildman–Crippen LogP) is 3.78. The molecule has 0 N–H and O–H groups in total. The first-order valence-corrected chi connectivity index (χ1v) is 9.48. The summed E-state index contributed by atoms with van der Waals surface area (Å²) in [5.74, 6) is -0.664. The normalized spacial score (nSPS) is 11.2. The van der Waals surface area contributed by atoms with Gasteiger partial charge in [-0.15, -0.1) is 0 Å². The van der Waals surface area contributed by atoms with E-state index in [0.717, 1.165) is 8.78 Å². The second-order valence-electron chi connectivity index (χ2n) is 4.98. The van der Waals surface area contributed by atoms with E-state index in [1.165, 1.54) is 19.2 Å². The second-order valence-corrected chi connectivity index (χ2v) is 8.16. The molecule has 2 rings (SSSR count). The Labute approximate surface area is 154 Å². The first kappa shape index (κ1) is 18.8. The van der Waals surface area contributed by atoms with Crippen molar-refractivity contribution in [1.82, 2.24) is 0 Å². The molecular weight excluding hydrogens is 418 g/mol. The van der Waals surface area contributed by atoms with E-state index in [9.17, 15) is 13.2 Å². The van der Waals surface area contributed by atoms with Crippen LogP contribution in [0.5, 0.6) is 0 Å². The summed E-state index contributed by atoms with van der Waals surface area (Å²) in [5.41, 5.74) is 1.04. The summed E-state index contributed by atoms with van der Waals surface area (Å²) >= 11 is 9.27. The van der Waals surface area contributed by atoms with Crippen molar-refractivity contribution in [2.45, 2.75) is 11.8 Å². The number of hydrogen-bond acceptors (Lipinski definition) is 4. The lowest BCUT2D eigenvalue weighted by atomic mass is 10.2. The largest absolute Gasteiger partial charge is 0.468 e. The van der Waals surface area contributed by atoms with Crippen molar-refractivity contribution in [3.05, 3.63) is 57.5 Å². The molecule has 128 valence electrons. The van der Waals surface area contributed by atoms with Crippen LogP contribution in [-0.4, -0.2) is 28.0 Å². The molecule has 2 aromatic rings. The Kier molecular flexibility index (Phi) is 5.90. The molecule has 0 spiro atoms. The van der Waals surface area contributed by atoms with Gasteiger partial charge in [-0.3, -0.25) is 9.10 Å². The summed E-state index contributed by atoms with van der Waals surface area (Å²) in [6.45, 7) is 1.32. The van der Waals surface area contributed by atoms with Gasteiger partial charge in [-0.05, 0) is 55.0 Å². The maximum absolute atomic E-state index is 13.0. The van der Waals surface area contributed by atoms with Gasteiger partial charge in [0.1, 0.15) is 6.54 Å². The van der Waals surface area contributed by atoms with Gasteiger partial charge in [0.05, 0.1) is 17.7 Å². The fourth-order valence-corrected chi connectivity index (χ4v) is 3.80. The maximum Gasteiger partial charge on any atom is 0.326 e. The molecule has 5 nitrogen and oxygen atoms in total. The third-order valence-electron chi connectivity index (χ3n) is 3.33. The molecule has 0 aliphatic carbocycles. The minimum atomic E-state index is -3.94. The van der Waals surface area contributed by atoms with Crippen molar-refractivity contribution in [1.29, 1.82) is 0 Å². The molecule has 0 aliphatic rings. The Morgan fingerprint density at radius 2 is 1.83 bits per heavy atom. The van der Waals surface area contributed by atoms with Crippen molar-refractivity contribution < 1.29 is 17.9 Å². The summed E-state index contributed by atoms with van der Waals surface area (Å²) < 4.78 is 32.3. The SMILES string of the molecule is COC(=O)CN(c1ccc(Cl)c(C)c1)S(=O)(=O)c1ccc(Br)cc1. The van der Waals surface area contributed by atoms with Gasteiger partial charge in [0.2, 0.25) is 0 Å². The molecule has 0 aliphatic heterocycles. The number of nitrogens with zero attached hydrogens (tertiary/aromatic N) is 1.